The average Bonchev–Trinajstić information content (AvgIpc) is 3.40. The number of fused-ring (bicyclic) bond motifs is 3. The summed E-state index contributed by atoms with van der Waals surface area (Å²) in [5.74, 6) is 1.93. The summed E-state index contributed by atoms with van der Waals surface area (Å²) in [5.41, 5.74) is 15.9. The van der Waals surface area contributed by atoms with Crippen LogP contribution in [0.25, 0.3) is 11.0 Å². The third-order valence-electron chi connectivity index (χ3n) is 8.56. The van der Waals surface area contributed by atoms with Crippen LogP contribution < -0.4 is 21.1 Å². The van der Waals surface area contributed by atoms with Crippen molar-refractivity contribution in [2.24, 2.45) is 0 Å². The van der Waals surface area contributed by atoms with Crippen molar-refractivity contribution in [2.75, 3.05) is 50.2 Å². The minimum atomic E-state index is -0.227. The maximum absolute atomic E-state index is 10.2. The van der Waals surface area contributed by atoms with E-state index in [0.717, 1.165) is 29.7 Å². The van der Waals surface area contributed by atoms with Gasteiger partial charge in [0.05, 0.1) is 33.3 Å². The van der Waals surface area contributed by atoms with Crippen molar-refractivity contribution in [3.63, 3.8) is 0 Å². The molecule has 2 fully saturated rings. The number of nitrogen functional groups attached to an aromatic ring is 2. The normalized spacial score (nSPS) is 17.8. The molecule has 1 aliphatic carbocycles. The van der Waals surface area contributed by atoms with Gasteiger partial charge in [0.15, 0.2) is 5.65 Å². The van der Waals surface area contributed by atoms with E-state index in [2.05, 4.69) is 41.0 Å². The SMILES string of the molecule is CN(C)C1(COc2nc(N3CC4(C3)SCc3sc(N)c(C#N)c34)c3c(C#N)cn(Cc4cccnc4N)c3n2)CC1. The van der Waals surface area contributed by atoms with Crippen molar-refractivity contribution in [1.29, 1.82) is 10.5 Å². The summed E-state index contributed by atoms with van der Waals surface area (Å²) in [7, 11) is 4.13. The van der Waals surface area contributed by atoms with Gasteiger partial charge in [-0.05, 0) is 33.0 Å². The predicted octanol–water partition coefficient (Wildman–Crippen LogP) is 3.28. The van der Waals surface area contributed by atoms with E-state index in [1.165, 1.54) is 16.2 Å². The zero-order valence-corrected chi connectivity index (χ0v) is 24.3. The molecular formula is C28H28N10OS2. The highest BCUT2D eigenvalue weighted by atomic mass is 32.2. The fourth-order valence-electron chi connectivity index (χ4n) is 5.92. The molecule has 4 aromatic rings. The molecule has 6 heterocycles. The minimum absolute atomic E-state index is 0.00722. The average molecular weight is 585 g/mol. The van der Waals surface area contributed by atoms with Crippen molar-refractivity contribution in [1.82, 2.24) is 24.4 Å². The van der Waals surface area contributed by atoms with Gasteiger partial charge < -0.3 is 30.6 Å². The fourth-order valence-corrected chi connectivity index (χ4v) is 8.72. The maximum Gasteiger partial charge on any atom is 0.320 e. The summed E-state index contributed by atoms with van der Waals surface area (Å²) in [6.07, 6.45) is 5.57. The highest BCUT2D eigenvalue weighted by Gasteiger charge is 2.53. The lowest BCUT2D eigenvalue weighted by Crippen LogP contribution is -2.57. The zero-order valence-electron chi connectivity index (χ0n) is 22.7. The molecule has 0 amide bonds. The number of hydrogen-bond donors (Lipinski definition) is 2. The van der Waals surface area contributed by atoms with E-state index in [0.29, 0.717) is 65.0 Å². The number of thiophene rings is 1. The van der Waals surface area contributed by atoms with Gasteiger partial charge in [-0.2, -0.15) is 20.5 Å². The first-order chi connectivity index (χ1) is 19.8. The second kappa shape index (κ2) is 9.24. The predicted molar refractivity (Wildman–Crippen MR) is 160 cm³/mol. The third kappa shape index (κ3) is 3.99. The molecule has 13 heteroatoms. The van der Waals surface area contributed by atoms with Crippen molar-refractivity contribution in [2.45, 2.75) is 35.4 Å². The molecule has 0 atom stereocenters. The van der Waals surface area contributed by atoms with Gasteiger partial charge in [0.2, 0.25) is 0 Å². The molecule has 208 valence electrons. The number of rotatable bonds is 7. The Morgan fingerprint density at radius 3 is 2.66 bits per heavy atom. The van der Waals surface area contributed by atoms with Crippen LogP contribution in [0.3, 0.4) is 0 Å². The molecule has 0 aromatic carbocycles. The van der Waals surface area contributed by atoms with Gasteiger partial charge in [-0.1, -0.05) is 6.07 Å². The molecule has 1 spiro atoms. The van der Waals surface area contributed by atoms with Crippen molar-refractivity contribution < 1.29 is 4.74 Å². The number of pyridine rings is 1. The molecule has 0 radical (unpaired) electrons. The van der Waals surface area contributed by atoms with Crippen LogP contribution in [0, 0.1) is 22.7 Å². The molecule has 1 saturated heterocycles. The van der Waals surface area contributed by atoms with Gasteiger partial charge >= 0.3 is 6.01 Å². The fraction of sp³-hybridized carbons (Fsp3) is 0.393. The number of ether oxygens (including phenoxy) is 1. The van der Waals surface area contributed by atoms with Crippen LogP contribution in [-0.4, -0.2) is 63.7 Å². The molecule has 7 rings (SSSR count). The van der Waals surface area contributed by atoms with E-state index < -0.39 is 0 Å². The lowest BCUT2D eigenvalue weighted by molar-refractivity contribution is 0.159. The molecule has 0 bridgehead atoms. The number of aromatic nitrogens is 4. The van der Waals surface area contributed by atoms with Crippen molar-refractivity contribution >= 4 is 50.8 Å². The van der Waals surface area contributed by atoms with Crippen LogP contribution in [0.5, 0.6) is 6.01 Å². The van der Waals surface area contributed by atoms with Crippen LogP contribution >= 0.6 is 23.1 Å². The van der Waals surface area contributed by atoms with Gasteiger partial charge in [-0.25, -0.2) is 4.98 Å². The summed E-state index contributed by atoms with van der Waals surface area (Å²) >= 11 is 3.36. The Morgan fingerprint density at radius 2 is 1.98 bits per heavy atom. The Labute approximate surface area is 245 Å². The topological polar surface area (TPSA) is 159 Å². The lowest BCUT2D eigenvalue weighted by Gasteiger charge is -2.48. The van der Waals surface area contributed by atoms with Crippen molar-refractivity contribution in [3.8, 4) is 18.1 Å². The number of likely N-dealkylation sites (N-methyl/N-ethyl adjacent to an activating group) is 1. The number of nitriles is 2. The number of anilines is 3. The largest absolute Gasteiger partial charge is 0.461 e. The first-order valence-corrected chi connectivity index (χ1v) is 15.1. The Kier molecular flexibility index (Phi) is 5.84. The van der Waals surface area contributed by atoms with E-state index >= 15 is 0 Å². The van der Waals surface area contributed by atoms with E-state index in [1.54, 1.807) is 12.4 Å². The van der Waals surface area contributed by atoms with Crippen LogP contribution in [0.1, 0.15) is 40.0 Å². The smallest absolute Gasteiger partial charge is 0.320 e. The monoisotopic (exact) mass is 584 g/mol. The summed E-state index contributed by atoms with van der Waals surface area (Å²) < 4.78 is 7.95. The Morgan fingerprint density at radius 1 is 1.17 bits per heavy atom. The van der Waals surface area contributed by atoms with Crippen LogP contribution in [0.15, 0.2) is 24.5 Å². The van der Waals surface area contributed by atoms with Crippen LogP contribution in [0.2, 0.25) is 0 Å². The second-order valence-electron chi connectivity index (χ2n) is 11.2. The van der Waals surface area contributed by atoms with Crippen molar-refractivity contribution in [3.05, 3.63) is 51.7 Å². The Balaban J connectivity index is 1.30. The van der Waals surface area contributed by atoms with Crippen LogP contribution in [0.4, 0.5) is 16.6 Å². The molecular weight excluding hydrogens is 557 g/mol. The molecule has 0 unspecified atom stereocenters. The minimum Gasteiger partial charge on any atom is -0.461 e. The van der Waals surface area contributed by atoms with E-state index in [-0.39, 0.29) is 16.3 Å². The third-order valence-corrected chi connectivity index (χ3v) is 11.2. The Hall–Kier alpha value is -4.04. The number of nitrogens with two attached hydrogens (primary N) is 2. The molecule has 11 nitrogen and oxygen atoms in total. The number of thioether (sulfide) groups is 1. The first-order valence-electron chi connectivity index (χ1n) is 13.3. The van der Waals surface area contributed by atoms with Gasteiger partial charge in [-0.15, -0.1) is 23.1 Å². The number of hydrogen-bond acceptors (Lipinski definition) is 12. The molecule has 2 aliphatic heterocycles. The molecule has 41 heavy (non-hydrogen) atoms. The standard InChI is InChI=1S/C28H28N10OS2/c1-36(2)27(5-6-27)15-39-26-34-24-20(17(8-29)11-37(24)10-16-4-3-7-33-22(16)31)25(35-26)38-13-28(14-38)21-18(9-30)23(32)41-19(21)12-40-28/h3-4,7,11H,5-6,10,12-15,32H2,1-2H3,(H2,31,33). The van der Waals surface area contributed by atoms with Gasteiger partial charge in [0.1, 0.15) is 35.4 Å². The van der Waals surface area contributed by atoms with Gasteiger partial charge in [-0.3, -0.25) is 0 Å². The lowest BCUT2D eigenvalue weighted by atomic mass is 9.88. The number of nitrogens with zero attached hydrogens (tertiary/aromatic N) is 8. The van der Waals surface area contributed by atoms with Gasteiger partial charge in [0, 0.05) is 47.2 Å². The quantitative estimate of drug-likeness (QED) is 0.328. The second-order valence-corrected chi connectivity index (χ2v) is 13.7. The molecule has 4 aromatic heterocycles. The maximum atomic E-state index is 10.2. The highest BCUT2D eigenvalue weighted by molar-refractivity contribution is 8.00. The first kappa shape index (κ1) is 25.9. The van der Waals surface area contributed by atoms with E-state index in [1.807, 2.05) is 28.5 Å². The van der Waals surface area contributed by atoms with Crippen LogP contribution in [-0.2, 0) is 17.0 Å². The van der Waals surface area contributed by atoms with Gasteiger partial charge in [0.25, 0.3) is 0 Å². The van der Waals surface area contributed by atoms with E-state index in [9.17, 15) is 10.5 Å². The summed E-state index contributed by atoms with van der Waals surface area (Å²) in [6, 6.07) is 8.72. The molecule has 4 N–H and O–H groups in total. The highest BCUT2D eigenvalue weighted by Crippen LogP contribution is 2.58. The summed E-state index contributed by atoms with van der Waals surface area (Å²) in [6.45, 7) is 2.18. The summed E-state index contributed by atoms with van der Waals surface area (Å²) in [5, 5.41) is 21.3. The Bertz CT molecular complexity index is 1790. The van der Waals surface area contributed by atoms with E-state index in [4.69, 9.17) is 26.2 Å². The zero-order chi connectivity index (χ0) is 28.5. The summed E-state index contributed by atoms with van der Waals surface area (Å²) in [4.78, 5) is 19.5. The molecule has 1 saturated carbocycles. The molecule has 3 aliphatic rings.